The minimum absolute atomic E-state index is 0.245. The van der Waals surface area contributed by atoms with Crippen LogP contribution in [0, 0.1) is 11.3 Å². The molecule has 0 aliphatic carbocycles. The maximum Gasteiger partial charge on any atom is 0.238 e. The number of aliphatic imine (C=N–C) groups is 1. The minimum atomic E-state index is 0.245. The number of hydrogen-bond acceptors (Lipinski definition) is 4. The van der Waals surface area contributed by atoms with Gasteiger partial charge in [-0.25, -0.2) is 4.99 Å². The fourth-order valence-corrected chi connectivity index (χ4v) is 5.66. The number of nitrogens with zero attached hydrogens (tertiary/aromatic N) is 2. The van der Waals surface area contributed by atoms with E-state index in [0.717, 1.165) is 55.5 Å². The molecule has 0 saturated heterocycles. The van der Waals surface area contributed by atoms with E-state index < -0.39 is 0 Å². The highest BCUT2D eigenvalue weighted by molar-refractivity contribution is 6.07. The zero-order valence-corrected chi connectivity index (χ0v) is 24.0. The van der Waals surface area contributed by atoms with Crippen LogP contribution >= 0.6 is 0 Å². The number of rotatable bonds is 7. The van der Waals surface area contributed by atoms with Gasteiger partial charge in [-0.05, 0) is 22.8 Å². The molecule has 0 aliphatic heterocycles. The number of fused-ring (bicyclic) bond motifs is 1. The molecule has 7 rings (SSSR count). The minimum Gasteiger partial charge on any atom is -0.496 e. The molecule has 44 heavy (non-hydrogen) atoms. The van der Waals surface area contributed by atoms with Gasteiger partial charge in [-0.3, -0.25) is 0 Å². The Kier molecular flexibility index (Phi) is 7.08. The van der Waals surface area contributed by atoms with Gasteiger partial charge in [-0.1, -0.05) is 121 Å². The summed E-state index contributed by atoms with van der Waals surface area (Å²) in [5, 5.41) is 11.4. The average molecular weight is 570 g/mol. The lowest BCUT2D eigenvalue weighted by Crippen LogP contribution is -1.91. The molecule has 0 radical (unpaired) electrons. The lowest BCUT2D eigenvalue weighted by Gasteiger charge is -2.07. The van der Waals surface area contributed by atoms with Crippen LogP contribution in [0.25, 0.3) is 55.7 Å². The highest BCUT2D eigenvalue weighted by Gasteiger charge is 2.23. The molecule has 7 aromatic rings. The third-order valence-electron chi connectivity index (χ3n) is 7.69. The summed E-state index contributed by atoms with van der Waals surface area (Å²) in [6.45, 7) is 0. The summed E-state index contributed by atoms with van der Waals surface area (Å²) in [6.07, 6.45) is 1.71. The van der Waals surface area contributed by atoms with Gasteiger partial charge in [0.05, 0.1) is 18.3 Å². The van der Waals surface area contributed by atoms with Crippen molar-refractivity contribution in [3.8, 4) is 56.7 Å². The molecular formula is C39H27N3O2. The van der Waals surface area contributed by atoms with Gasteiger partial charge in [0.2, 0.25) is 5.88 Å². The van der Waals surface area contributed by atoms with Gasteiger partial charge in [0.1, 0.15) is 23.1 Å². The van der Waals surface area contributed by atoms with Gasteiger partial charge in [0, 0.05) is 39.9 Å². The smallest absolute Gasteiger partial charge is 0.238 e. The van der Waals surface area contributed by atoms with E-state index in [-0.39, 0.29) is 5.88 Å². The zero-order valence-electron chi connectivity index (χ0n) is 24.0. The number of methoxy groups -OCH3 is 1. The number of nitrogens with one attached hydrogen (secondary N) is 1. The topological polar surface area (TPSA) is 74.3 Å². The zero-order chi connectivity index (χ0) is 29.9. The van der Waals surface area contributed by atoms with Crippen molar-refractivity contribution < 1.29 is 9.15 Å². The monoisotopic (exact) mass is 569 g/mol. The van der Waals surface area contributed by atoms with Crippen LogP contribution in [0.15, 0.2) is 143 Å². The Morgan fingerprint density at radius 2 is 1.25 bits per heavy atom. The van der Waals surface area contributed by atoms with E-state index in [0.29, 0.717) is 17.1 Å². The number of benzene rings is 5. The van der Waals surface area contributed by atoms with Gasteiger partial charge in [0.25, 0.3) is 0 Å². The lowest BCUT2D eigenvalue weighted by molar-refractivity contribution is 0.414. The van der Waals surface area contributed by atoms with E-state index in [1.165, 1.54) is 0 Å². The number of ether oxygens (including phenoxy) is 1. The van der Waals surface area contributed by atoms with E-state index in [1.807, 2.05) is 103 Å². The molecule has 2 aromatic heterocycles. The van der Waals surface area contributed by atoms with E-state index in [9.17, 15) is 5.26 Å². The number of nitriles is 1. The standard InChI is InChI=1S/C39H27N3O2/c1-43-34-23-33-31(35(26-14-6-2-7-15-26)37(42-33)28-18-10-4-11-19-28)22-30(34)25-41-39-32(24-40)36(27-16-8-3-9-17-27)38(44-39)29-20-12-5-13-21-29/h2-23,25,42H,1H3/b41-25+. The molecule has 0 unspecified atom stereocenters. The van der Waals surface area contributed by atoms with Crippen molar-refractivity contribution >= 4 is 23.0 Å². The van der Waals surface area contributed by atoms with Crippen LogP contribution in [0.5, 0.6) is 5.75 Å². The van der Waals surface area contributed by atoms with Crippen LogP contribution in [0.4, 0.5) is 5.88 Å². The highest BCUT2D eigenvalue weighted by Crippen LogP contribution is 2.43. The van der Waals surface area contributed by atoms with E-state index in [1.54, 1.807) is 13.3 Å². The Morgan fingerprint density at radius 1 is 0.705 bits per heavy atom. The molecule has 5 heteroatoms. The molecule has 2 heterocycles. The summed E-state index contributed by atoms with van der Waals surface area (Å²) in [5.41, 5.74) is 8.89. The molecule has 0 spiro atoms. The summed E-state index contributed by atoms with van der Waals surface area (Å²) in [6, 6.07) is 46.7. The van der Waals surface area contributed by atoms with Crippen LogP contribution < -0.4 is 4.74 Å². The molecule has 0 saturated carbocycles. The highest BCUT2D eigenvalue weighted by atomic mass is 16.5. The molecule has 0 amide bonds. The summed E-state index contributed by atoms with van der Waals surface area (Å²) in [4.78, 5) is 8.39. The second-order valence-electron chi connectivity index (χ2n) is 10.3. The first-order valence-corrected chi connectivity index (χ1v) is 14.3. The molecule has 0 fully saturated rings. The first-order chi connectivity index (χ1) is 21.7. The summed E-state index contributed by atoms with van der Waals surface area (Å²) >= 11 is 0. The maximum absolute atomic E-state index is 10.3. The summed E-state index contributed by atoms with van der Waals surface area (Å²) in [5.74, 6) is 1.50. The number of aromatic nitrogens is 1. The number of aromatic amines is 1. The average Bonchev–Trinajstić information content (AvgIpc) is 3.66. The Bertz CT molecular complexity index is 2140. The fourth-order valence-electron chi connectivity index (χ4n) is 5.66. The van der Waals surface area contributed by atoms with Crippen LogP contribution in [-0.4, -0.2) is 18.3 Å². The Hall–Kier alpha value is -6.12. The molecule has 0 atom stereocenters. The van der Waals surface area contributed by atoms with Gasteiger partial charge >= 0.3 is 0 Å². The van der Waals surface area contributed by atoms with Crippen molar-refractivity contribution in [3.05, 3.63) is 145 Å². The normalized spacial score (nSPS) is 11.2. The largest absolute Gasteiger partial charge is 0.496 e. The lowest BCUT2D eigenvalue weighted by atomic mass is 9.97. The molecule has 5 aromatic carbocycles. The van der Waals surface area contributed by atoms with Crippen molar-refractivity contribution in [2.45, 2.75) is 0 Å². The van der Waals surface area contributed by atoms with Gasteiger partial charge in [0.15, 0.2) is 0 Å². The predicted molar refractivity (Wildman–Crippen MR) is 177 cm³/mol. The summed E-state index contributed by atoms with van der Waals surface area (Å²) in [7, 11) is 1.65. The quantitative estimate of drug-likeness (QED) is 0.194. The molecule has 1 N–H and O–H groups in total. The van der Waals surface area contributed by atoms with Crippen LogP contribution in [0.3, 0.4) is 0 Å². The molecule has 0 bridgehead atoms. The molecular weight excluding hydrogens is 542 g/mol. The first kappa shape index (κ1) is 26.8. The molecule has 210 valence electrons. The van der Waals surface area contributed by atoms with Crippen molar-refractivity contribution in [1.29, 1.82) is 5.26 Å². The Labute approximate surface area is 255 Å². The van der Waals surface area contributed by atoms with Crippen molar-refractivity contribution in [2.75, 3.05) is 7.11 Å². The third kappa shape index (κ3) is 4.85. The third-order valence-corrected chi connectivity index (χ3v) is 7.69. The van der Waals surface area contributed by atoms with E-state index in [4.69, 9.17) is 14.1 Å². The fraction of sp³-hybridized carbons (Fsp3) is 0.0256. The first-order valence-electron chi connectivity index (χ1n) is 14.3. The van der Waals surface area contributed by atoms with E-state index in [2.05, 4.69) is 41.4 Å². The second kappa shape index (κ2) is 11.6. The Morgan fingerprint density at radius 3 is 1.82 bits per heavy atom. The van der Waals surface area contributed by atoms with Crippen molar-refractivity contribution in [2.24, 2.45) is 4.99 Å². The molecule has 5 nitrogen and oxygen atoms in total. The summed E-state index contributed by atoms with van der Waals surface area (Å²) < 4.78 is 12.2. The Balaban J connectivity index is 1.40. The molecule has 0 aliphatic rings. The number of furan rings is 1. The predicted octanol–water partition coefficient (Wildman–Crippen LogP) is 10.1. The van der Waals surface area contributed by atoms with Gasteiger partial charge in [-0.2, -0.15) is 5.26 Å². The SMILES string of the molecule is COc1cc2[nH]c(-c3ccccc3)c(-c3ccccc3)c2cc1/C=N/c1oc(-c2ccccc2)c(-c2ccccc2)c1C#N. The second-order valence-corrected chi connectivity index (χ2v) is 10.3. The number of H-pyrrole nitrogens is 1. The van der Waals surface area contributed by atoms with Crippen molar-refractivity contribution in [1.82, 2.24) is 4.98 Å². The van der Waals surface area contributed by atoms with Gasteiger partial charge < -0.3 is 14.1 Å². The van der Waals surface area contributed by atoms with Crippen LogP contribution in [-0.2, 0) is 0 Å². The van der Waals surface area contributed by atoms with Gasteiger partial charge in [-0.15, -0.1) is 0 Å². The van der Waals surface area contributed by atoms with E-state index >= 15 is 0 Å². The van der Waals surface area contributed by atoms with Crippen molar-refractivity contribution in [3.63, 3.8) is 0 Å². The number of hydrogen-bond donors (Lipinski definition) is 1. The van der Waals surface area contributed by atoms with Crippen LogP contribution in [0.1, 0.15) is 11.1 Å². The van der Waals surface area contributed by atoms with Crippen LogP contribution in [0.2, 0.25) is 0 Å². The maximum atomic E-state index is 10.3.